The van der Waals surface area contributed by atoms with E-state index in [1.54, 1.807) is 12.1 Å². The van der Waals surface area contributed by atoms with E-state index in [9.17, 15) is 13.2 Å². The third-order valence-electron chi connectivity index (χ3n) is 5.79. The van der Waals surface area contributed by atoms with E-state index in [0.717, 1.165) is 37.5 Å². The van der Waals surface area contributed by atoms with Crippen molar-refractivity contribution in [1.82, 2.24) is 15.0 Å². The minimum absolute atomic E-state index is 0.133. The fourth-order valence-electron chi connectivity index (χ4n) is 4.58. The maximum absolute atomic E-state index is 12.6. The summed E-state index contributed by atoms with van der Waals surface area (Å²) in [4.78, 5) is 19.2. The summed E-state index contributed by atoms with van der Waals surface area (Å²) in [7, 11) is -3.30. The summed E-state index contributed by atoms with van der Waals surface area (Å²) in [6, 6.07) is 7.37. The lowest BCUT2D eigenvalue weighted by molar-refractivity contribution is 0.00468. The van der Waals surface area contributed by atoms with E-state index in [1.165, 1.54) is 0 Å². The number of rotatable bonds is 5. The molecule has 2 bridgehead atoms. The molecule has 3 heterocycles. The van der Waals surface area contributed by atoms with E-state index in [2.05, 4.69) is 14.9 Å². The van der Waals surface area contributed by atoms with Crippen LogP contribution < -0.4 is 4.72 Å². The number of sulfonamides is 1. The highest BCUT2D eigenvalue weighted by Crippen LogP contribution is 2.43. The van der Waals surface area contributed by atoms with Gasteiger partial charge in [-0.3, -0.25) is 4.72 Å². The number of amides is 1. The lowest BCUT2D eigenvalue weighted by Crippen LogP contribution is -2.48. The van der Waals surface area contributed by atoms with Crippen molar-refractivity contribution in [3.05, 3.63) is 41.5 Å². The standard InChI is InChI=1S/C22H30N4O5S/c1-22(2,3)30-21(27)26-17-9-10-18(26)13-15(12-17)20-23-19(24-31-20)11-14-5-7-16(8-6-14)25-32(4,28)29/h5-8,15,17-18,25H,9-13H2,1-4H3. The average Bonchev–Trinajstić information content (AvgIpc) is 3.23. The van der Waals surface area contributed by atoms with Crippen molar-refractivity contribution in [1.29, 1.82) is 0 Å². The quantitative estimate of drug-likeness (QED) is 0.721. The second kappa shape index (κ2) is 8.38. The Kier molecular flexibility index (Phi) is 5.91. The molecule has 2 fully saturated rings. The van der Waals surface area contributed by atoms with Gasteiger partial charge in [-0.15, -0.1) is 0 Å². The first-order valence-electron chi connectivity index (χ1n) is 10.9. The van der Waals surface area contributed by atoms with Gasteiger partial charge in [-0.25, -0.2) is 13.2 Å². The number of carbonyl (C=O) groups is 1. The molecule has 10 heteroatoms. The molecule has 4 rings (SSSR count). The van der Waals surface area contributed by atoms with Gasteiger partial charge in [0.2, 0.25) is 15.9 Å². The minimum Gasteiger partial charge on any atom is -0.444 e. The van der Waals surface area contributed by atoms with Gasteiger partial charge in [0, 0.05) is 30.1 Å². The first kappa shape index (κ1) is 22.6. The number of piperidine rings is 1. The second-order valence-electron chi connectivity index (χ2n) is 9.74. The molecule has 2 aromatic rings. The Hall–Kier alpha value is -2.62. The summed E-state index contributed by atoms with van der Waals surface area (Å²) in [5, 5.41) is 4.14. The zero-order chi connectivity index (χ0) is 23.1. The molecule has 1 N–H and O–H groups in total. The number of carbonyl (C=O) groups excluding carboxylic acids is 1. The summed E-state index contributed by atoms with van der Waals surface area (Å²) < 4.78 is 36.3. The van der Waals surface area contributed by atoms with Gasteiger partial charge in [-0.1, -0.05) is 17.3 Å². The van der Waals surface area contributed by atoms with Crippen molar-refractivity contribution < 1.29 is 22.5 Å². The van der Waals surface area contributed by atoms with Gasteiger partial charge in [0.1, 0.15) is 5.60 Å². The fraction of sp³-hybridized carbons (Fsp3) is 0.591. The van der Waals surface area contributed by atoms with Crippen molar-refractivity contribution in [3.8, 4) is 0 Å². The third-order valence-corrected chi connectivity index (χ3v) is 6.40. The van der Waals surface area contributed by atoms with E-state index in [1.807, 2.05) is 37.8 Å². The van der Waals surface area contributed by atoms with Crippen molar-refractivity contribution in [3.63, 3.8) is 0 Å². The Morgan fingerprint density at radius 2 is 1.81 bits per heavy atom. The normalized spacial score (nSPS) is 23.2. The number of fused-ring (bicyclic) bond motifs is 2. The number of ether oxygens (including phenoxy) is 1. The second-order valence-corrected chi connectivity index (χ2v) is 11.5. The van der Waals surface area contributed by atoms with Crippen LogP contribution in [0.4, 0.5) is 10.5 Å². The molecule has 0 radical (unpaired) electrons. The van der Waals surface area contributed by atoms with Crippen LogP contribution >= 0.6 is 0 Å². The number of benzene rings is 1. The minimum atomic E-state index is -3.30. The molecule has 0 aliphatic carbocycles. The smallest absolute Gasteiger partial charge is 0.410 e. The van der Waals surface area contributed by atoms with Gasteiger partial charge in [-0.05, 0) is 64.2 Å². The molecule has 174 valence electrons. The predicted molar refractivity (Wildman–Crippen MR) is 119 cm³/mol. The van der Waals surface area contributed by atoms with Crippen LogP contribution in [0.3, 0.4) is 0 Å². The monoisotopic (exact) mass is 462 g/mol. The summed E-state index contributed by atoms with van der Waals surface area (Å²) in [6.45, 7) is 5.65. The molecule has 9 nitrogen and oxygen atoms in total. The van der Waals surface area contributed by atoms with Crippen molar-refractivity contribution in [2.45, 2.75) is 76.5 Å². The number of hydrogen-bond acceptors (Lipinski definition) is 7. The molecule has 2 aliphatic rings. The average molecular weight is 463 g/mol. The van der Waals surface area contributed by atoms with Crippen LogP contribution in [-0.2, 0) is 21.2 Å². The molecule has 1 aromatic carbocycles. The summed E-state index contributed by atoms with van der Waals surface area (Å²) in [6.07, 6.45) is 4.90. The molecule has 2 atom stereocenters. The Balaban J connectivity index is 1.38. The molecule has 2 saturated heterocycles. The lowest BCUT2D eigenvalue weighted by atomic mass is 9.91. The van der Waals surface area contributed by atoms with Crippen molar-refractivity contribution in [2.24, 2.45) is 0 Å². The number of anilines is 1. The van der Waals surface area contributed by atoms with Gasteiger partial charge >= 0.3 is 6.09 Å². The maximum atomic E-state index is 12.6. The molecular weight excluding hydrogens is 432 g/mol. The molecule has 32 heavy (non-hydrogen) atoms. The van der Waals surface area contributed by atoms with E-state index in [0.29, 0.717) is 23.8 Å². The predicted octanol–water partition coefficient (Wildman–Crippen LogP) is 3.68. The molecule has 0 spiro atoms. The first-order valence-corrected chi connectivity index (χ1v) is 12.8. The van der Waals surface area contributed by atoms with Crippen molar-refractivity contribution >= 4 is 21.8 Å². The lowest BCUT2D eigenvalue weighted by Gasteiger charge is -2.38. The Morgan fingerprint density at radius 1 is 1.19 bits per heavy atom. The van der Waals surface area contributed by atoms with Gasteiger partial charge in [-0.2, -0.15) is 4.98 Å². The van der Waals surface area contributed by atoms with E-state index >= 15 is 0 Å². The number of nitrogens with zero attached hydrogens (tertiary/aromatic N) is 3. The van der Waals surface area contributed by atoms with Crippen LogP contribution in [0.2, 0.25) is 0 Å². The molecule has 2 unspecified atom stereocenters. The largest absolute Gasteiger partial charge is 0.444 e. The molecule has 2 aliphatic heterocycles. The van der Waals surface area contributed by atoms with Crippen LogP contribution in [0.25, 0.3) is 0 Å². The highest BCUT2D eigenvalue weighted by molar-refractivity contribution is 7.92. The van der Waals surface area contributed by atoms with Gasteiger partial charge in [0.25, 0.3) is 0 Å². The van der Waals surface area contributed by atoms with Crippen molar-refractivity contribution in [2.75, 3.05) is 11.0 Å². The Morgan fingerprint density at radius 3 is 2.38 bits per heavy atom. The maximum Gasteiger partial charge on any atom is 0.410 e. The zero-order valence-electron chi connectivity index (χ0n) is 18.9. The van der Waals surface area contributed by atoms with E-state index < -0.39 is 15.6 Å². The molecule has 1 aromatic heterocycles. The van der Waals surface area contributed by atoms with Crippen LogP contribution in [0, 0.1) is 0 Å². The number of hydrogen-bond donors (Lipinski definition) is 1. The van der Waals surface area contributed by atoms with Crippen LogP contribution in [0.1, 0.15) is 69.7 Å². The summed E-state index contributed by atoms with van der Waals surface area (Å²) in [5.41, 5.74) is 0.960. The van der Waals surface area contributed by atoms with Crippen LogP contribution in [0.5, 0.6) is 0 Å². The van der Waals surface area contributed by atoms with Crippen LogP contribution in [-0.4, -0.2) is 53.5 Å². The van der Waals surface area contributed by atoms with E-state index in [4.69, 9.17) is 9.26 Å². The SMILES string of the molecule is CC(C)(C)OC(=O)N1C2CCC1CC(c1nc(Cc3ccc(NS(C)(=O)=O)cc3)no1)C2. The Labute approximate surface area is 188 Å². The summed E-state index contributed by atoms with van der Waals surface area (Å²) in [5.74, 6) is 1.34. The summed E-state index contributed by atoms with van der Waals surface area (Å²) >= 11 is 0. The van der Waals surface area contributed by atoms with Crippen LogP contribution in [0.15, 0.2) is 28.8 Å². The van der Waals surface area contributed by atoms with E-state index in [-0.39, 0.29) is 24.1 Å². The van der Waals surface area contributed by atoms with Gasteiger partial charge in [0.15, 0.2) is 5.82 Å². The number of aromatic nitrogens is 2. The highest BCUT2D eigenvalue weighted by atomic mass is 32.2. The molecule has 1 amide bonds. The third kappa shape index (κ3) is 5.40. The highest BCUT2D eigenvalue weighted by Gasteiger charge is 2.46. The molecule has 0 saturated carbocycles. The topological polar surface area (TPSA) is 115 Å². The van der Waals surface area contributed by atoms with Gasteiger partial charge in [0.05, 0.1) is 6.26 Å². The zero-order valence-corrected chi connectivity index (χ0v) is 19.7. The number of nitrogens with one attached hydrogen (secondary N) is 1. The van der Waals surface area contributed by atoms with Gasteiger partial charge < -0.3 is 14.2 Å². The fourth-order valence-corrected chi connectivity index (χ4v) is 5.15. The first-order chi connectivity index (χ1) is 15.0. The molecular formula is C22H30N4O5S. The Bertz CT molecular complexity index is 1060.